The zero-order valence-corrected chi connectivity index (χ0v) is 12.4. The molecule has 0 saturated heterocycles. The minimum absolute atomic E-state index is 0. The highest BCUT2D eigenvalue weighted by atomic mass is 32.2. The molecule has 0 rings (SSSR count). The van der Waals surface area contributed by atoms with Crippen LogP contribution >= 0.6 is 0 Å². The second kappa shape index (κ2) is 11.0. The number of esters is 2. The lowest BCUT2D eigenvalue weighted by Gasteiger charge is -2.21. The van der Waals surface area contributed by atoms with E-state index in [0.29, 0.717) is 12.8 Å². The monoisotopic (exact) mass is 334 g/mol. The van der Waals surface area contributed by atoms with Gasteiger partial charge < -0.3 is 9.47 Å². The van der Waals surface area contributed by atoms with Gasteiger partial charge in [-0.25, -0.2) is 4.79 Å². The summed E-state index contributed by atoms with van der Waals surface area (Å²) in [6.07, 6.45) is 2.07. The molecule has 0 heterocycles. The highest BCUT2D eigenvalue weighted by Gasteiger charge is 2.29. The van der Waals surface area contributed by atoms with Gasteiger partial charge in [0, 0.05) is 6.08 Å². The third-order valence-corrected chi connectivity index (χ3v) is 2.97. The van der Waals surface area contributed by atoms with Crippen LogP contribution in [-0.4, -0.2) is 60.0 Å². The molecule has 0 aliphatic heterocycles. The van der Waals surface area contributed by atoms with Crippen molar-refractivity contribution >= 4 is 45.1 Å². The fourth-order valence-electron chi connectivity index (χ4n) is 1.52. The highest BCUT2D eigenvalue weighted by Crippen LogP contribution is 2.18. The molecule has 0 aliphatic carbocycles. The van der Waals surface area contributed by atoms with Crippen LogP contribution in [0.3, 0.4) is 0 Å². The molecule has 21 heavy (non-hydrogen) atoms. The molecule has 0 amide bonds. The van der Waals surface area contributed by atoms with Gasteiger partial charge >= 0.3 is 45.1 Å². The van der Waals surface area contributed by atoms with Crippen LogP contribution in [0, 0.1) is 5.92 Å². The van der Waals surface area contributed by atoms with Crippen LogP contribution in [-0.2, 0) is 29.2 Å². The van der Waals surface area contributed by atoms with Gasteiger partial charge in [0.1, 0.15) is 6.10 Å². The van der Waals surface area contributed by atoms with Gasteiger partial charge in [0.25, 0.3) is 0 Å². The summed E-state index contributed by atoms with van der Waals surface area (Å²) >= 11 is 0. The number of carbonyl (C=O) groups excluding carboxylic acids is 2. The fraction of sp³-hybridized carbons (Fsp3) is 0.667. The zero-order valence-electron chi connectivity index (χ0n) is 11.6. The summed E-state index contributed by atoms with van der Waals surface area (Å²) in [7, 11) is -4.39. The van der Waals surface area contributed by atoms with Gasteiger partial charge in [-0.3, -0.25) is 9.35 Å². The van der Waals surface area contributed by atoms with E-state index in [0.717, 1.165) is 12.5 Å². The number of hydrogen-bond donors (Lipinski definition) is 1. The van der Waals surface area contributed by atoms with Crippen LogP contribution in [0.15, 0.2) is 12.7 Å². The molecule has 0 saturated carbocycles. The predicted octanol–water partition coefficient (Wildman–Crippen LogP) is 0.383. The van der Waals surface area contributed by atoms with E-state index in [4.69, 9.17) is 9.29 Å². The van der Waals surface area contributed by atoms with Gasteiger partial charge in [-0.05, 0) is 13.3 Å². The average Bonchev–Trinajstić information content (AvgIpc) is 2.35. The minimum atomic E-state index is -4.39. The first-order valence-corrected chi connectivity index (χ1v) is 7.77. The third-order valence-electron chi connectivity index (χ3n) is 2.56. The van der Waals surface area contributed by atoms with E-state index in [1.165, 1.54) is 6.92 Å². The molecule has 0 aliphatic rings. The highest BCUT2D eigenvalue weighted by molar-refractivity contribution is 7.85. The number of carbonyl (C=O) groups is 2. The Morgan fingerprint density at radius 3 is 2.38 bits per heavy atom. The summed E-state index contributed by atoms with van der Waals surface area (Å²) in [5, 5.41) is 0. The van der Waals surface area contributed by atoms with Crippen molar-refractivity contribution < 1.29 is 32.0 Å². The fourth-order valence-corrected chi connectivity index (χ4v) is 1.79. The molecule has 120 valence electrons. The zero-order chi connectivity index (χ0) is 15.8. The van der Waals surface area contributed by atoms with Crippen LogP contribution in [0.4, 0.5) is 0 Å². The first-order chi connectivity index (χ1) is 9.21. The van der Waals surface area contributed by atoms with Crippen LogP contribution in [0.1, 0.15) is 33.1 Å². The molecule has 0 bridgehead atoms. The molecule has 0 fully saturated rings. The Hall–Kier alpha value is -0.644. The standard InChI is InChI=1S/C12H20O7S.Mg.2H/c1-4-6-7-10(9(3)19-11(13)5-2)12(14)18-8-20(15,16)17;;;/h5,9-10H,2,4,6-8H2,1,3H3,(H,15,16,17);;;. The minimum Gasteiger partial charge on any atom is -0.459 e. The quantitative estimate of drug-likeness (QED) is 0.281. The summed E-state index contributed by atoms with van der Waals surface area (Å²) in [4.78, 5) is 22.9. The van der Waals surface area contributed by atoms with Crippen LogP contribution in [0.2, 0.25) is 0 Å². The number of ether oxygens (including phenoxy) is 2. The Morgan fingerprint density at radius 2 is 1.95 bits per heavy atom. The van der Waals surface area contributed by atoms with E-state index < -0.39 is 40.0 Å². The van der Waals surface area contributed by atoms with Crippen molar-refractivity contribution in [3.05, 3.63) is 12.7 Å². The van der Waals surface area contributed by atoms with E-state index in [9.17, 15) is 18.0 Å². The summed E-state index contributed by atoms with van der Waals surface area (Å²) in [6, 6.07) is 0. The summed E-state index contributed by atoms with van der Waals surface area (Å²) < 4.78 is 39.1. The third kappa shape index (κ3) is 10.7. The van der Waals surface area contributed by atoms with Crippen molar-refractivity contribution in [3.63, 3.8) is 0 Å². The molecule has 2 unspecified atom stereocenters. The normalized spacial score (nSPS) is 13.5. The van der Waals surface area contributed by atoms with Gasteiger partial charge in [0.15, 0.2) is 0 Å². The summed E-state index contributed by atoms with van der Waals surface area (Å²) in [6.45, 7) is 6.67. The van der Waals surface area contributed by atoms with Gasteiger partial charge in [0.05, 0.1) is 5.92 Å². The maximum absolute atomic E-state index is 11.8. The summed E-state index contributed by atoms with van der Waals surface area (Å²) in [5.41, 5.74) is 0. The number of hydrogen-bond acceptors (Lipinski definition) is 6. The van der Waals surface area contributed by atoms with Crippen molar-refractivity contribution in [1.29, 1.82) is 0 Å². The van der Waals surface area contributed by atoms with Crippen LogP contribution < -0.4 is 0 Å². The molecule has 0 aromatic carbocycles. The van der Waals surface area contributed by atoms with Crippen LogP contribution in [0.25, 0.3) is 0 Å². The molecule has 0 radical (unpaired) electrons. The topological polar surface area (TPSA) is 107 Å². The molecule has 1 N–H and O–H groups in total. The first kappa shape index (κ1) is 22.6. The molecule has 2 atom stereocenters. The Bertz CT molecular complexity index is 447. The smallest absolute Gasteiger partial charge is 0.330 e. The van der Waals surface area contributed by atoms with Crippen LogP contribution in [0.5, 0.6) is 0 Å². The van der Waals surface area contributed by atoms with Gasteiger partial charge in [0.2, 0.25) is 5.94 Å². The van der Waals surface area contributed by atoms with E-state index >= 15 is 0 Å². The maximum Gasteiger partial charge on any atom is 0.330 e. The average molecular weight is 335 g/mol. The Balaban J connectivity index is 0. The Kier molecular flexibility index (Phi) is 11.9. The van der Waals surface area contributed by atoms with Crippen molar-refractivity contribution in [1.82, 2.24) is 0 Å². The summed E-state index contributed by atoms with van der Waals surface area (Å²) in [5.74, 6) is -3.42. The SMILES string of the molecule is C=CC(=O)OC(C)C(CCCC)C(=O)OCS(=O)(=O)O.[MgH2]. The largest absolute Gasteiger partial charge is 0.459 e. The molecular weight excluding hydrogens is 312 g/mol. The second-order valence-corrected chi connectivity index (χ2v) is 5.66. The van der Waals surface area contributed by atoms with Gasteiger partial charge in [-0.1, -0.05) is 26.3 Å². The number of rotatable bonds is 9. The lowest BCUT2D eigenvalue weighted by Crippen LogP contribution is -2.32. The van der Waals surface area contributed by atoms with E-state index in [1.807, 2.05) is 6.92 Å². The molecule has 9 heteroatoms. The molecule has 0 aromatic heterocycles. The first-order valence-electron chi connectivity index (χ1n) is 6.16. The van der Waals surface area contributed by atoms with Gasteiger partial charge in [-0.15, -0.1) is 0 Å². The van der Waals surface area contributed by atoms with Crippen molar-refractivity contribution in [3.8, 4) is 0 Å². The number of unbranched alkanes of at least 4 members (excludes halogenated alkanes) is 1. The second-order valence-electron chi connectivity index (χ2n) is 4.26. The molecule has 0 spiro atoms. The Morgan fingerprint density at radius 1 is 1.38 bits per heavy atom. The van der Waals surface area contributed by atoms with Crippen molar-refractivity contribution in [2.75, 3.05) is 5.94 Å². The lowest BCUT2D eigenvalue weighted by atomic mass is 9.97. The Labute approximate surface area is 141 Å². The maximum atomic E-state index is 11.8. The molecular formula is C12H22MgO7S. The molecule has 0 aromatic rings. The molecule has 7 nitrogen and oxygen atoms in total. The van der Waals surface area contributed by atoms with E-state index in [1.54, 1.807) is 0 Å². The van der Waals surface area contributed by atoms with Gasteiger partial charge in [-0.2, -0.15) is 8.42 Å². The van der Waals surface area contributed by atoms with Crippen molar-refractivity contribution in [2.24, 2.45) is 5.92 Å². The van der Waals surface area contributed by atoms with E-state index in [2.05, 4.69) is 11.3 Å². The van der Waals surface area contributed by atoms with Crippen molar-refractivity contribution in [2.45, 2.75) is 39.2 Å². The van der Waals surface area contributed by atoms with E-state index in [-0.39, 0.29) is 23.1 Å². The predicted molar refractivity (Wildman–Crippen MR) is 79.8 cm³/mol. The lowest BCUT2D eigenvalue weighted by molar-refractivity contribution is -0.157.